The second-order valence-electron chi connectivity index (χ2n) is 2.91. The first kappa shape index (κ1) is 11.2. The fraction of sp³-hybridized carbons (Fsp3) is 0.700. The van der Waals surface area contributed by atoms with E-state index >= 15 is 0 Å². The summed E-state index contributed by atoms with van der Waals surface area (Å²) in [6.45, 7) is 3.66. The van der Waals surface area contributed by atoms with Crippen LogP contribution in [0.1, 0.15) is 38.5 Å². The van der Waals surface area contributed by atoms with Crippen molar-refractivity contribution in [2.75, 3.05) is 7.05 Å². The average Bonchev–Trinajstić information content (AvgIpc) is 2.10. The number of unbranched alkanes of at least 4 members (excludes halogenated alkanes) is 4. The maximum Gasteiger partial charge on any atom is 0.219 e. The third-order valence-electron chi connectivity index (χ3n) is 1.84. The third-order valence-corrected chi connectivity index (χ3v) is 1.84. The zero-order valence-corrected chi connectivity index (χ0v) is 7.94. The lowest BCUT2D eigenvalue weighted by Crippen LogP contribution is -2.16. The van der Waals surface area contributed by atoms with Crippen LogP contribution in [-0.4, -0.2) is 13.0 Å². The first-order chi connectivity index (χ1) is 5.81. The van der Waals surface area contributed by atoms with Crippen molar-refractivity contribution in [3.05, 3.63) is 12.7 Å². The van der Waals surface area contributed by atoms with E-state index in [4.69, 9.17) is 0 Å². The van der Waals surface area contributed by atoms with Crippen LogP contribution in [0.15, 0.2) is 12.7 Å². The van der Waals surface area contributed by atoms with Crippen LogP contribution in [0, 0.1) is 0 Å². The molecule has 0 saturated heterocycles. The van der Waals surface area contributed by atoms with E-state index < -0.39 is 0 Å². The van der Waals surface area contributed by atoms with Crippen molar-refractivity contribution in [3.63, 3.8) is 0 Å². The molecule has 12 heavy (non-hydrogen) atoms. The molecule has 0 saturated carbocycles. The Hall–Kier alpha value is -0.790. The summed E-state index contributed by atoms with van der Waals surface area (Å²) in [5.74, 6) is 0.152. The molecule has 2 nitrogen and oxygen atoms in total. The fourth-order valence-electron chi connectivity index (χ4n) is 1.05. The predicted molar refractivity (Wildman–Crippen MR) is 52.0 cm³/mol. The van der Waals surface area contributed by atoms with Gasteiger partial charge in [0.1, 0.15) is 0 Å². The molecule has 0 aliphatic heterocycles. The van der Waals surface area contributed by atoms with Gasteiger partial charge in [-0.25, -0.2) is 0 Å². The van der Waals surface area contributed by atoms with Crippen molar-refractivity contribution >= 4 is 5.91 Å². The van der Waals surface area contributed by atoms with Gasteiger partial charge in [0.15, 0.2) is 0 Å². The van der Waals surface area contributed by atoms with Gasteiger partial charge in [0, 0.05) is 13.5 Å². The quantitative estimate of drug-likeness (QED) is 0.459. The fourth-order valence-corrected chi connectivity index (χ4v) is 1.05. The SMILES string of the molecule is C=CCCCCCCC(=O)NC. The van der Waals surface area contributed by atoms with E-state index in [9.17, 15) is 4.79 Å². The van der Waals surface area contributed by atoms with Crippen molar-refractivity contribution in [2.24, 2.45) is 0 Å². The molecule has 0 rings (SSSR count). The number of carbonyl (C=O) groups excluding carboxylic acids is 1. The van der Waals surface area contributed by atoms with E-state index in [0.29, 0.717) is 6.42 Å². The van der Waals surface area contributed by atoms with Crippen molar-refractivity contribution in [2.45, 2.75) is 38.5 Å². The molecular formula is C10H19NO. The minimum atomic E-state index is 0.152. The van der Waals surface area contributed by atoms with Crippen LogP contribution < -0.4 is 5.32 Å². The van der Waals surface area contributed by atoms with Gasteiger partial charge in [-0.15, -0.1) is 6.58 Å². The summed E-state index contributed by atoms with van der Waals surface area (Å²) in [6, 6.07) is 0. The molecule has 0 radical (unpaired) electrons. The smallest absolute Gasteiger partial charge is 0.219 e. The third kappa shape index (κ3) is 7.32. The summed E-state index contributed by atoms with van der Waals surface area (Å²) in [6.07, 6.45) is 8.29. The lowest BCUT2D eigenvalue weighted by molar-refractivity contribution is -0.120. The van der Waals surface area contributed by atoms with Crippen molar-refractivity contribution < 1.29 is 4.79 Å². The number of carbonyl (C=O) groups is 1. The van der Waals surface area contributed by atoms with Gasteiger partial charge in [-0.3, -0.25) is 4.79 Å². The van der Waals surface area contributed by atoms with Crippen LogP contribution in [0.3, 0.4) is 0 Å². The highest BCUT2D eigenvalue weighted by molar-refractivity contribution is 5.75. The molecule has 0 aliphatic carbocycles. The van der Waals surface area contributed by atoms with Gasteiger partial charge in [0.25, 0.3) is 0 Å². The number of hydrogen-bond acceptors (Lipinski definition) is 1. The number of allylic oxidation sites excluding steroid dienone is 1. The topological polar surface area (TPSA) is 29.1 Å². The molecule has 0 aliphatic rings. The lowest BCUT2D eigenvalue weighted by Gasteiger charge is -1.99. The maximum absolute atomic E-state index is 10.8. The number of amides is 1. The van der Waals surface area contributed by atoms with E-state index in [1.165, 1.54) is 12.8 Å². The van der Waals surface area contributed by atoms with E-state index in [1.54, 1.807) is 7.05 Å². The van der Waals surface area contributed by atoms with Gasteiger partial charge < -0.3 is 5.32 Å². The summed E-state index contributed by atoms with van der Waals surface area (Å²) in [7, 11) is 1.68. The molecule has 0 aromatic carbocycles. The first-order valence-electron chi connectivity index (χ1n) is 4.62. The lowest BCUT2D eigenvalue weighted by atomic mass is 10.1. The highest BCUT2D eigenvalue weighted by Gasteiger charge is 1.96. The van der Waals surface area contributed by atoms with Crippen molar-refractivity contribution in [1.29, 1.82) is 0 Å². The van der Waals surface area contributed by atoms with Crippen LogP contribution in [0.25, 0.3) is 0 Å². The van der Waals surface area contributed by atoms with Crippen LogP contribution in [0.4, 0.5) is 0 Å². The molecule has 0 bridgehead atoms. The zero-order valence-electron chi connectivity index (χ0n) is 7.94. The second kappa shape index (κ2) is 8.31. The second-order valence-corrected chi connectivity index (χ2v) is 2.91. The molecule has 0 heterocycles. The Balaban J connectivity index is 3.00. The van der Waals surface area contributed by atoms with Crippen molar-refractivity contribution in [3.8, 4) is 0 Å². The van der Waals surface area contributed by atoms with E-state index in [2.05, 4.69) is 11.9 Å². The Kier molecular flexibility index (Phi) is 7.76. The minimum Gasteiger partial charge on any atom is -0.359 e. The molecule has 0 fully saturated rings. The number of rotatable bonds is 7. The molecule has 2 heteroatoms. The summed E-state index contributed by atoms with van der Waals surface area (Å²) in [4.78, 5) is 10.8. The van der Waals surface area contributed by atoms with E-state index in [1.807, 2.05) is 6.08 Å². The number of nitrogens with one attached hydrogen (secondary N) is 1. The van der Waals surface area contributed by atoms with Gasteiger partial charge in [-0.2, -0.15) is 0 Å². The Morgan fingerprint density at radius 1 is 1.33 bits per heavy atom. The van der Waals surface area contributed by atoms with Gasteiger partial charge >= 0.3 is 0 Å². The molecule has 70 valence electrons. The normalized spacial score (nSPS) is 9.42. The van der Waals surface area contributed by atoms with Gasteiger partial charge in [0.2, 0.25) is 5.91 Å². The molecular weight excluding hydrogens is 150 g/mol. The van der Waals surface area contributed by atoms with Gasteiger partial charge in [-0.1, -0.05) is 18.9 Å². The van der Waals surface area contributed by atoms with Crippen molar-refractivity contribution in [1.82, 2.24) is 5.32 Å². The summed E-state index contributed by atoms with van der Waals surface area (Å²) in [5, 5.41) is 2.61. The summed E-state index contributed by atoms with van der Waals surface area (Å²) >= 11 is 0. The molecule has 0 aromatic heterocycles. The van der Waals surface area contributed by atoms with E-state index in [0.717, 1.165) is 19.3 Å². The Bertz CT molecular complexity index is 132. The standard InChI is InChI=1S/C10H19NO/c1-3-4-5-6-7-8-9-10(12)11-2/h3H,1,4-9H2,2H3,(H,11,12). The van der Waals surface area contributed by atoms with Crippen LogP contribution in [-0.2, 0) is 4.79 Å². The van der Waals surface area contributed by atoms with Crippen LogP contribution >= 0.6 is 0 Å². The number of hydrogen-bond donors (Lipinski definition) is 1. The van der Waals surface area contributed by atoms with Crippen LogP contribution in [0.2, 0.25) is 0 Å². The Morgan fingerprint density at radius 3 is 2.58 bits per heavy atom. The van der Waals surface area contributed by atoms with Gasteiger partial charge in [0.05, 0.1) is 0 Å². The average molecular weight is 169 g/mol. The highest BCUT2D eigenvalue weighted by Crippen LogP contribution is 2.05. The minimum absolute atomic E-state index is 0.152. The molecule has 0 aromatic rings. The molecule has 1 N–H and O–H groups in total. The first-order valence-corrected chi connectivity index (χ1v) is 4.62. The summed E-state index contributed by atoms with van der Waals surface area (Å²) in [5.41, 5.74) is 0. The Morgan fingerprint density at radius 2 is 2.00 bits per heavy atom. The molecule has 1 amide bonds. The van der Waals surface area contributed by atoms with E-state index in [-0.39, 0.29) is 5.91 Å². The molecule has 0 unspecified atom stereocenters. The Labute approximate surface area is 75.0 Å². The molecule has 0 spiro atoms. The molecule has 0 atom stereocenters. The monoisotopic (exact) mass is 169 g/mol. The van der Waals surface area contributed by atoms with Crippen LogP contribution in [0.5, 0.6) is 0 Å². The zero-order chi connectivity index (χ0) is 9.23. The summed E-state index contributed by atoms with van der Waals surface area (Å²) < 4.78 is 0. The largest absolute Gasteiger partial charge is 0.359 e. The maximum atomic E-state index is 10.8. The predicted octanol–water partition coefficient (Wildman–Crippen LogP) is 2.26. The highest BCUT2D eigenvalue weighted by atomic mass is 16.1. The van der Waals surface area contributed by atoms with Gasteiger partial charge in [-0.05, 0) is 19.3 Å².